The third-order valence-electron chi connectivity index (χ3n) is 3.84. The van der Waals surface area contributed by atoms with Crippen LogP contribution in [0.5, 0.6) is 0 Å². The third kappa shape index (κ3) is 3.42. The van der Waals surface area contributed by atoms with E-state index >= 15 is 0 Å². The zero-order chi connectivity index (χ0) is 14.7. The van der Waals surface area contributed by atoms with E-state index in [-0.39, 0.29) is 11.9 Å². The van der Waals surface area contributed by atoms with Gasteiger partial charge in [0.05, 0.1) is 5.02 Å². The van der Waals surface area contributed by atoms with E-state index < -0.39 is 0 Å². The highest BCUT2D eigenvalue weighted by Gasteiger charge is 2.33. The minimum atomic E-state index is -0.102. The van der Waals surface area contributed by atoms with Crippen molar-refractivity contribution in [2.24, 2.45) is 5.92 Å². The summed E-state index contributed by atoms with van der Waals surface area (Å²) in [5, 5.41) is 3.59. The molecule has 5 heteroatoms. The van der Waals surface area contributed by atoms with Crippen LogP contribution < -0.4 is 5.32 Å². The number of rotatable bonds is 6. The molecule has 1 aliphatic carbocycles. The molecule has 1 fully saturated rings. The van der Waals surface area contributed by atoms with Gasteiger partial charge in [-0.2, -0.15) is 0 Å². The van der Waals surface area contributed by atoms with E-state index in [1.54, 1.807) is 17.0 Å². The summed E-state index contributed by atoms with van der Waals surface area (Å²) in [7, 11) is 1.83. The van der Waals surface area contributed by atoms with Gasteiger partial charge in [0, 0.05) is 19.6 Å². The van der Waals surface area contributed by atoms with Crippen molar-refractivity contribution in [3.05, 3.63) is 22.8 Å². The highest BCUT2D eigenvalue weighted by molar-refractivity contribution is 6.33. The summed E-state index contributed by atoms with van der Waals surface area (Å²) < 4.78 is 0. The molecule has 1 unspecified atom stereocenters. The van der Waals surface area contributed by atoms with Crippen LogP contribution in [0.3, 0.4) is 0 Å². The number of hydrogen-bond donors (Lipinski definition) is 1. The molecule has 1 aromatic heterocycles. The van der Waals surface area contributed by atoms with E-state index in [0.717, 1.165) is 13.0 Å². The van der Waals surface area contributed by atoms with Crippen LogP contribution in [-0.2, 0) is 0 Å². The second kappa shape index (κ2) is 6.44. The van der Waals surface area contributed by atoms with Crippen molar-refractivity contribution in [1.29, 1.82) is 0 Å². The van der Waals surface area contributed by atoms with Crippen molar-refractivity contribution in [2.45, 2.75) is 39.2 Å². The molecule has 1 amide bonds. The number of nitrogens with one attached hydrogen (secondary N) is 1. The molecule has 1 aliphatic rings. The molecular formula is C15H22ClN3O. The van der Waals surface area contributed by atoms with Gasteiger partial charge in [0.2, 0.25) is 0 Å². The lowest BCUT2D eigenvalue weighted by Crippen LogP contribution is -2.37. The van der Waals surface area contributed by atoms with Crippen molar-refractivity contribution < 1.29 is 4.79 Å². The molecule has 0 spiro atoms. The van der Waals surface area contributed by atoms with Crippen LogP contribution in [0.1, 0.15) is 43.6 Å². The summed E-state index contributed by atoms with van der Waals surface area (Å²) in [6, 6.07) is 3.78. The molecule has 1 heterocycles. The lowest BCUT2D eigenvalue weighted by molar-refractivity contribution is 0.0721. The quantitative estimate of drug-likeness (QED) is 0.874. The molecule has 4 nitrogen and oxygen atoms in total. The Bertz CT molecular complexity index is 488. The molecule has 1 N–H and O–H groups in total. The maximum atomic E-state index is 12.5. The number of anilines is 1. The lowest BCUT2D eigenvalue weighted by atomic mass is 10.2. The molecule has 1 aromatic rings. The Labute approximate surface area is 125 Å². The summed E-state index contributed by atoms with van der Waals surface area (Å²) in [6.45, 7) is 5.00. The number of pyridine rings is 1. The van der Waals surface area contributed by atoms with Crippen molar-refractivity contribution in [3.63, 3.8) is 0 Å². The first kappa shape index (κ1) is 15.1. The molecule has 0 bridgehead atoms. The van der Waals surface area contributed by atoms with E-state index in [4.69, 9.17) is 11.6 Å². The normalized spacial score (nSPS) is 15.8. The van der Waals surface area contributed by atoms with Crippen LogP contribution >= 0.6 is 11.6 Å². The summed E-state index contributed by atoms with van der Waals surface area (Å²) in [4.78, 5) is 18.6. The minimum absolute atomic E-state index is 0.102. The smallest absolute Gasteiger partial charge is 0.274 e. The predicted molar refractivity (Wildman–Crippen MR) is 82.3 cm³/mol. The van der Waals surface area contributed by atoms with Crippen LogP contribution in [0.15, 0.2) is 12.1 Å². The standard InChI is InChI=1S/C15H22ClN3O/c1-4-9-17-13-8-7-12(16)14(18-13)15(20)19(3)10(2)11-5-6-11/h7-8,10-11H,4-6,9H2,1-3H3,(H,17,18). The molecule has 0 aliphatic heterocycles. The highest BCUT2D eigenvalue weighted by Crippen LogP contribution is 2.35. The second-order valence-electron chi connectivity index (χ2n) is 5.45. The van der Waals surface area contributed by atoms with Crippen molar-refractivity contribution in [2.75, 3.05) is 18.9 Å². The topological polar surface area (TPSA) is 45.2 Å². The summed E-state index contributed by atoms with van der Waals surface area (Å²) in [6.07, 6.45) is 3.42. The predicted octanol–water partition coefficient (Wildman–Crippen LogP) is 3.43. The SMILES string of the molecule is CCCNc1ccc(Cl)c(C(=O)N(C)C(C)C2CC2)n1. The molecule has 20 heavy (non-hydrogen) atoms. The molecule has 0 saturated heterocycles. The Morgan fingerprint density at radius 2 is 2.25 bits per heavy atom. The van der Waals surface area contributed by atoms with Gasteiger partial charge in [-0.25, -0.2) is 4.98 Å². The van der Waals surface area contributed by atoms with Gasteiger partial charge >= 0.3 is 0 Å². The van der Waals surface area contributed by atoms with Gasteiger partial charge in [-0.15, -0.1) is 0 Å². The Kier molecular flexibility index (Phi) is 4.86. The van der Waals surface area contributed by atoms with Crippen LogP contribution in [0.2, 0.25) is 5.02 Å². The molecule has 0 radical (unpaired) electrons. The largest absolute Gasteiger partial charge is 0.370 e. The number of carbonyl (C=O) groups excluding carboxylic acids is 1. The van der Waals surface area contributed by atoms with Gasteiger partial charge in [0.15, 0.2) is 0 Å². The Balaban J connectivity index is 2.14. The molecule has 1 atom stereocenters. The maximum absolute atomic E-state index is 12.5. The first-order chi connectivity index (χ1) is 9.54. The summed E-state index contributed by atoms with van der Waals surface area (Å²) in [5.74, 6) is 1.23. The summed E-state index contributed by atoms with van der Waals surface area (Å²) >= 11 is 6.13. The second-order valence-corrected chi connectivity index (χ2v) is 5.85. The van der Waals surface area contributed by atoms with Crippen molar-refractivity contribution in [1.82, 2.24) is 9.88 Å². The molecule has 1 saturated carbocycles. The fourth-order valence-corrected chi connectivity index (χ4v) is 2.38. The first-order valence-corrected chi connectivity index (χ1v) is 7.60. The van der Waals surface area contributed by atoms with Crippen LogP contribution in [-0.4, -0.2) is 35.4 Å². The maximum Gasteiger partial charge on any atom is 0.274 e. The fraction of sp³-hybridized carbons (Fsp3) is 0.600. The van der Waals surface area contributed by atoms with Crippen molar-refractivity contribution in [3.8, 4) is 0 Å². The number of nitrogens with zero attached hydrogens (tertiary/aromatic N) is 2. The third-order valence-corrected chi connectivity index (χ3v) is 4.15. The molecule has 0 aromatic carbocycles. The average molecular weight is 296 g/mol. The summed E-state index contributed by atoms with van der Waals surface area (Å²) in [5.41, 5.74) is 0.336. The molecular weight excluding hydrogens is 274 g/mol. The number of hydrogen-bond acceptors (Lipinski definition) is 3. The van der Waals surface area contributed by atoms with Crippen molar-refractivity contribution >= 4 is 23.3 Å². The monoisotopic (exact) mass is 295 g/mol. The van der Waals surface area contributed by atoms with Crippen LogP contribution in [0.25, 0.3) is 0 Å². The first-order valence-electron chi connectivity index (χ1n) is 7.22. The van der Waals surface area contributed by atoms with E-state index in [2.05, 4.69) is 24.1 Å². The van der Waals surface area contributed by atoms with E-state index in [0.29, 0.717) is 22.5 Å². The van der Waals surface area contributed by atoms with Gasteiger partial charge < -0.3 is 10.2 Å². The Morgan fingerprint density at radius 3 is 2.85 bits per heavy atom. The average Bonchev–Trinajstić information content (AvgIpc) is 3.28. The van der Waals surface area contributed by atoms with Gasteiger partial charge in [-0.3, -0.25) is 4.79 Å². The fourth-order valence-electron chi connectivity index (χ4n) is 2.19. The van der Waals surface area contributed by atoms with Gasteiger partial charge in [0.25, 0.3) is 5.91 Å². The molecule has 110 valence electrons. The lowest BCUT2D eigenvalue weighted by Gasteiger charge is -2.25. The van der Waals surface area contributed by atoms with Gasteiger partial charge in [-0.05, 0) is 44.2 Å². The number of halogens is 1. The van der Waals surface area contributed by atoms with Gasteiger partial charge in [-0.1, -0.05) is 18.5 Å². The minimum Gasteiger partial charge on any atom is -0.370 e. The van der Waals surface area contributed by atoms with Crippen LogP contribution in [0.4, 0.5) is 5.82 Å². The van der Waals surface area contributed by atoms with E-state index in [9.17, 15) is 4.79 Å². The zero-order valence-corrected chi connectivity index (χ0v) is 13.1. The number of carbonyl (C=O) groups is 1. The Hall–Kier alpha value is -1.29. The highest BCUT2D eigenvalue weighted by atomic mass is 35.5. The van der Waals surface area contributed by atoms with E-state index in [1.807, 2.05) is 7.05 Å². The Morgan fingerprint density at radius 1 is 1.55 bits per heavy atom. The van der Waals surface area contributed by atoms with Crippen LogP contribution in [0, 0.1) is 5.92 Å². The zero-order valence-electron chi connectivity index (χ0n) is 12.3. The number of aromatic nitrogens is 1. The van der Waals surface area contributed by atoms with Gasteiger partial charge in [0.1, 0.15) is 11.5 Å². The van der Waals surface area contributed by atoms with E-state index in [1.165, 1.54) is 12.8 Å². The molecule has 2 rings (SSSR count). The number of amides is 1.